The van der Waals surface area contributed by atoms with Crippen molar-refractivity contribution in [3.05, 3.63) is 38.4 Å². The number of hydrogen-bond donors (Lipinski definition) is 0. The van der Waals surface area contributed by atoms with Gasteiger partial charge in [0.1, 0.15) is 16.0 Å². The van der Waals surface area contributed by atoms with E-state index in [0.29, 0.717) is 15.1 Å². The zero-order valence-corrected chi connectivity index (χ0v) is 8.58. The second-order valence-electron chi connectivity index (χ2n) is 2.35. The highest BCUT2D eigenvalue weighted by molar-refractivity contribution is 9.10. The first-order chi connectivity index (χ1) is 6.18. The molecule has 0 unspecified atom stereocenters. The van der Waals surface area contributed by atoms with Gasteiger partial charge in [-0.3, -0.25) is 4.79 Å². The first kappa shape index (κ1) is 8.65. The molecule has 0 aliphatic rings. The first-order valence-corrected chi connectivity index (χ1v) is 4.55. The number of nitrogens with zero attached hydrogens (tertiary/aromatic N) is 3. The molecule has 0 atom stereocenters. The Morgan fingerprint density at radius 3 is 3.00 bits per heavy atom. The fraction of sp³-hybridized carbons (Fsp3) is 0. The third kappa shape index (κ3) is 1.45. The minimum atomic E-state index is -0.316. The van der Waals surface area contributed by atoms with Gasteiger partial charge in [0, 0.05) is 0 Å². The second kappa shape index (κ2) is 3.08. The van der Waals surface area contributed by atoms with Gasteiger partial charge in [0.25, 0.3) is 5.56 Å². The van der Waals surface area contributed by atoms with Gasteiger partial charge in [0.05, 0.1) is 5.52 Å². The van der Waals surface area contributed by atoms with Crippen molar-refractivity contribution in [2.24, 2.45) is 0 Å². The lowest BCUT2D eigenvalue weighted by atomic mass is 10.4. The van der Waals surface area contributed by atoms with Crippen LogP contribution in [0.4, 0.5) is 0 Å². The van der Waals surface area contributed by atoms with Gasteiger partial charge in [0.15, 0.2) is 0 Å². The molecule has 6 heteroatoms. The van der Waals surface area contributed by atoms with Gasteiger partial charge >= 0.3 is 0 Å². The van der Waals surface area contributed by atoms with Crippen molar-refractivity contribution in [3.8, 4) is 0 Å². The monoisotopic (exact) mass is 259 g/mol. The fourth-order valence-electron chi connectivity index (χ4n) is 0.949. The minimum absolute atomic E-state index is 0.316. The van der Waals surface area contributed by atoms with Crippen molar-refractivity contribution in [3.63, 3.8) is 0 Å². The quantitative estimate of drug-likeness (QED) is 0.721. The summed E-state index contributed by atoms with van der Waals surface area (Å²) in [6, 6.07) is 3.31. The molecule has 2 rings (SSSR count). The van der Waals surface area contributed by atoms with Gasteiger partial charge in [-0.2, -0.15) is 10.1 Å². The van der Waals surface area contributed by atoms with E-state index in [1.54, 1.807) is 12.1 Å². The Bertz CT molecular complexity index is 525. The number of aromatic nitrogens is 3. The molecule has 0 saturated carbocycles. The Hall–Kier alpha value is -0.940. The van der Waals surface area contributed by atoms with E-state index in [0.717, 1.165) is 0 Å². The van der Waals surface area contributed by atoms with Crippen LogP contribution >= 0.6 is 27.5 Å². The summed E-state index contributed by atoms with van der Waals surface area (Å²) in [7, 11) is 0. The maximum absolute atomic E-state index is 11.1. The number of halogens is 2. The zero-order valence-electron chi connectivity index (χ0n) is 6.24. The maximum Gasteiger partial charge on any atom is 0.287 e. The molecule has 0 aromatic carbocycles. The topological polar surface area (TPSA) is 47.3 Å². The lowest BCUT2D eigenvalue weighted by Crippen LogP contribution is -2.10. The van der Waals surface area contributed by atoms with Crippen LogP contribution in [-0.4, -0.2) is 14.6 Å². The Labute approximate surface area is 86.3 Å². The molecule has 2 heterocycles. The highest BCUT2D eigenvalue weighted by Crippen LogP contribution is 2.13. The Morgan fingerprint density at radius 2 is 2.23 bits per heavy atom. The van der Waals surface area contributed by atoms with E-state index in [9.17, 15) is 4.79 Å². The summed E-state index contributed by atoms with van der Waals surface area (Å²) in [4.78, 5) is 14.7. The molecule has 0 amide bonds. The molecule has 0 aliphatic heterocycles. The summed E-state index contributed by atoms with van der Waals surface area (Å²) in [5.41, 5.74) is 0.327. The maximum atomic E-state index is 11.1. The van der Waals surface area contributed by atoms with Crippen LogP contribution in [0.2, 0.25) is 5.15 Å². The molecule has 0 fully saturated rings. The molecule has 4 nitrogen and oxygen atoms in total. The van der Waals surface area contributed by atoms with Crippen LogP contribution in [0, 0.1) is 0 Å². The molecule has 0 radical (unpaired) electrons. The van der Waals surface area contributed by atoms with E-state index >= 15 is 0 Å². The third-order valence-corrected chi connectivity index (χ3v) is 2.47. The third-order valence-electron chi connectivity index (χ3n) is 1.53. The number of hydrogen-bond acceptors (Lipinski definition) is 3. The van der Waals surface area contributed by atoms with Crippen LogP contribution in [0.3, 0.4) is 0 Å². The Kier molecular flexibility index (Phi) is 2.05. The van der Waals surface area contributed by atoms with E-state index in [1.807, 2.05) is 0 Å². The molecule has 0 aliphatic carbocycles. The molecule has 0 saturated heterocycles. The molecular formula is C7H3BrClN3O. The van der Waals surface area contributed by atoms with Crippen LogP contribution in [0.15, 0.2) is 27.7 Å². The Balaban J connectivity index is 2.95. The van der Waals surface area contributed by atoms with Crippen molar-refractivity contribution < 1.29 is 0 Å². The normalized spacial score (nSPS) is 10.6. The van der Waals surface area contributed by atoms with E-state index < -0.39 is 0 Å². The molecule has 0 spiro atoms. The summed E-state index contributed by atoms with van der Waals surface area (Å²) in [5, 5.41) is 4.28. The van der Waals surface area contributed by atoms with Gasteiger partial charge < -0.3 is 0 Å². The molecule has 13 heavy (non-hydrogen) atoms. The Morgan fingerprint density at radius 1 is 1.46 bits per heavy atom. The summed E-state index contributed by atoms with van der Waals surface area (Å²) >= 11 is 8.78. The summed E-state index contributed by atoms with van der Waals surface area (Å²) in [6.07, 6.45) is 1.33. The van der Waals surface area contributed by atoms with Gasteiger partial charge in [-0.05, 0) is 28.1 Å². The molecule has 0 N–H and O–H groups in total. The van der Waals surface area contributed by atoms with E-state index in [2.05, 4.69) is 26.0 Å². The molecule has 0 bridgehead atoms. The molecule has 2 aromatic heterocycles. The lowest BCUT2D eigenvalue weighted by molar-refractivity contribution is 0.877. The van der Waals surface area contributed by atoms with Gasteiger partial charge in [-0.15, -0.1) is 0 Å². The van der Waals surface area contributed by atoms with Crippen molar-refractivity contribution in [2.45, 2.75) is 0 Å². The van der Waals surface area contributed by atoms with Gasteiger partial charge in [-0.25, -0.2) is 4.52 Å². The van der Waals surface area contributed by atoms with E-state index in [-0.39, 0.29) is 5.56 Å². The van der Waals surface area contributed by atoms with Crippen molar-refractivity contribution in [2.75, 3.05) is 0 Å². The van der Waals surface area contributed by atoms with E-state index in [4.69, 9.17) is 11.6 Å². The first-order valence-electron chi connectivity index (χ1n) is 3.38. The van der Waals surface area contributed by atoms with Crippen LogP contribution in [-0.2, 0) is 0 Å². The number of rotatable bonds is 0. The van der Waals surface area contributed by atoms with Crippen LogP contribution in [0.5, 0.6) is 0 Å². The summed E-state index contributed by atoms with van der Waals surface area (Å²) < 4.78 is 1.83. The number of fused-ring (bicyclic) bond motifs is 1. The van der Waals surface area contributed by atoms with E-state index in [1.165, 1.54) is 10.8 Å². The van der Waals surface area contributed by atoms with Gasteiger partial charge in [-0.1, -0.05) is 11.6 Å². The smallest absolute Gasteiger partial charge is 0.266 e. The lowest BCUT2D eigenvalue weighted by Gasteiger charge is -1.99. The fourth-order valence-corrected chi connectivity index (χ4v) is 1.51. The minimum Gasteiger partial charge on any atom is -0.266 e. The highest BCUT2D eigenvalue weighted by atomic mass is 79.9. The zero-order chi connectivity index (χ0) is 9.42. The van der Waals surface area contributed by atoms with Crippen LogP contribution < -0.4 is 5.56 Å². The summed E-state index contributed by atoms with van der Waals surface area (Å²) in [5.74, 6) is 0. The average molecular weight is 260 g/mol. The SMILES string of the molecule is O=c1ncn2nc(Cl)ccc2c1Br. The molecular weight excluding hydrogens is 257 g/mol. The van der Waals surface area contributed by atoms with Crippen molar-refractivity contribution in [1.82, 2.24) is 14.6 Å². The predicted molar refractivity (Wildman–Crippen MR) is 52.0 cm³/mol. The summed E-state index contributed by atoms with van der Waals surface area (Å²) in [6.45, 7) is 0. The molecule has 66 valence electrons. The van der Waals surface area contributed by atoms with Crippen LogP contribution in [0.25, 0.3) is 5.52 Å². The second-order valence-corrected chi connectivity index (χ2v) is 3.53. The molecule has 2 aromatic rings. The highest BCUT2D eigenvalue weighted by Gasteiger charge is 2.03. The average Bonchev–Trinajstić information content (AvgIpc) is 2.12. The predicted octanol–water partition coefficient (Wildman–Crippen LogP) is 1.51. The van der Waals surface area contributed by atoms with Crippen molar-refractivity contribution in [1.29, 1.82) is 0 Å². The standard InChI is InChI=1S/C7H3BrClN3O/c8-6-4-1-2-5(9)11-12(4)3-10-7(6)13/h1-3H. The van der Waals surface area contributed by atoms with Crippen LogP contribution in [0.1, 0.15) is 0 Å². The largest absolute Gasteiger partial charge is 0.287 e. The van der Waals surface area contributed by atoms with Gasteiger partial charge in [0.2, 0.25) is 0 Å². The van der Waals surface area contributed by atoms with Crippen molar-refractivity contribution >= 4 is 33.0 Å².